The Morgan fingerprint density at radius 2 is 2.33 bits per heavy atom. The molecule has 0 aromatic heterocycles. The molecule has 1 aromatic rings. The van der Waals surface area contributed by atoms with E-state index in [1.165, 1.54) is 29.7 Å². The molecule has 0 saturated carbocycles. The Labute approximate surface area is 91.9 Å². The summed E-state index contributed by atoms with van der Waals surface area (Å²) < 4.78 is 0. The number of hydrogen-bond donors (Lipinski definition) is 2. The van der Waals surface area contributed by atoms with Gasteiger partial charge >= 0.3 is 0 Å². The second-order valence-corrected chi connectivity index (χ2v) is 4.38. The standard InChI is InChI=1S/C13H20N2/c1-2-10(9-14)7-11-3-4-13-12(8-11)5-6-15-13/h3-4,8,10,15H,2,5-7,9,14H2,1H3. The Bertz CT molecular complexity index is 329. The molecule has 1 atom stereocenters. The first-order valence-electron chi connectivity index (χ1n) is 5.89. The highest BCUT2D eigenvalue weighted by molar-refractivity contribution is 5.56. The van der Waals surface area contributed by atoms with Crippen LogP contribution in [0.4, 0.5) is 5.69 Å². The van der Waals surface area contributed by atoms with E-state index in [1.807, 2.05) is 0 Å². The van der Waals surface area contributed by atoms with Crippen LogP contribution >= 0.6 is 0 Å². The zero-order valence-electron chi connectivity index (χ0n) is 9.42. The van der Waals surface area contributed by atoms with Crippen LogP contribution in [0, 0.1) is 5.92 Å². The zero-order valence-corrected chi connectivity index (χ0v) is 9.42. The molecule has 1 aliphatic rings. The molecule has 1 unspecified atom stereocenters. The third-order valence-electron chi connectivity index (χ3n) is 3.31. The Morgan fingerprint density at radius 1 is 1.47 bits per heavy atom. The van der Waals surface area contributed by atoms with Gasteiger partial charge < -0.3 is 11.1 Å². The molecule has 1 aromatic carbocycles. The predicted molar refractivity (Wildman–Crippen MR) is 65.2 cm³/mol. The Balaban J connectivity index is 2.09. The van der Waals surface area contributed by atoms with Crippen molar-refractivity contribution in [2.45, 2.75) is 26.2 Å². The van der Waals surface area contributed by atoms with E-state index in [4.69, 9.17) is 5.73 Å². The molecule has 82 valence electrons. The van der Waals surface area contributed by atoms with Crippen molar-refractivity contribution in [3.63, 3.8) is 0 Å². The maximum Gasteiger partial charge on any atom is 0.0373 e. The number of anilines is 1. The van der Waals surface area contributed by atoms with Gasteiger partial charge in [0.15, 0.2) is 0 Å². The molecule has 0 bridgehead atoms. The average Bonchev–Trinajstić information content (AvgIpc) is 2.73. The summed E-state index contributed by atoms with van der Waals surface area (Å²) in [5, 5.41) is 3.38. The smallest absolute Gasteiger partial charge is 0.0373 e. The van der Waals surface area contributed by atoms with Gasteiger partial charge in [0, 0.05) is 12.2 Å². The van der Waals surface area contributed by atoms with Crippen LogP contribution in [-0.4, -0.2) is 13.1 Å². The molecule has 0 spiro atoms. The molecule has 2 rings (SSSR count). The summed E-state index contributed by atoms with van der Waals surface area (Å²) in [4.78, 5) is 0. The van der Waals surface area contributed by atoms with E-state index in [0.717, 1.165) is 19.5 Å². The van der Waals surface area contributed by atoms with Crippen molar-refractivity contribution in [3.8, 4) is 0 Å². The molecular weight excluding hydrogens is 184 g/mol. The number of rotatable bonds is 4. The molecule has 0 fully saturated rings. The normalized spacial score (nSPS) is 15.9. The average molecular weight is 204 g/mol. The number of nitrogens with two attached hydrogens (primary N) is 1. The lowest BCUT2D eigenvalue weighted by atomic mass is 9.95. The Hall–Kier alpha value is -1.02. The van der Waals surface area contributed by atoms with Crippen molar-refractivity contribution >= 4 is 5.69 Å². The van der Waals surface area contributed by atoms with Crippen LogP contribution in [0.2, 0.25) is 0 Å². The maximum absolute atomic E-state index is 5.73. The van der Waals surface area contributed by atoms with Crippen molar-refractivity contribution in [2.24, 2.45) is 11.7 Å². The van der Waals surface area contributed by atoms with Gasteiger partial charge in [-0.05, 0) is 42.5 Å². The van der Waals surface area contributed by atoms with E-state index in [1.54, 1.807) is 0 Å². The van der Waals surface area contributed by atoms with Crippen LogP contribution in [0.25, 0.3) is 0 Å². The summed E-state index contributed by atoms with van der Waals surface area (Å²) in [5.41, 5.74) is 9.96. The minimum atomic E-state index is 0.636. The van der Waals surface area contributed by atoms with Crippen LogP contribution in [0.1, 0.15) is 24.5 Å². The Kier molecular flexibility index (Phi) is 3.27. The summed E-state index contributed by atoms with van der Waals surface area (Å²) in [6.07, 6.45) is 3.47. The van der Waals surface area contributed by atoms with Crippen molar-refractivity contribution in [1.29, 1.82) is 0 Å². The fraction of sp³-hybridized carbons (Fsp3) is 0.538. The van der Waals surface area contributed by atoms with Crippen molar-refractivity contribution in [3.05, 3.63) is 29.3 Å². The second-order valence-electron chi connectivity index (χ2n) is 4.38. The second kappa shape index (κ2) is 4.67. The quantitative estimate of drug-likeness (QED) is 0.789. The van der Waals surface area contributed by atoms with Gasteiger partial charge in [-0.15, -0.1) is 0 Å². The number of nitrogens with one attached hydrogen (secondary N) is 1. The van der Waals surface area contributed by atoms with Gasteiger partial charge in [0.1, 0.15) is 0 Å². The molecule has 0 aliphatic carbocycles. The number of benzene rings is 1. The Morgan fingerprint density at radius 3 is 3.07 bits per heavy atom. The van der Waals surface area contributed by atoms with E-state index in [0.29, 0.717) is 5.92 Å². The van der Waals surface area contributed by atoms with Crippen LogP contribution < -0.4 is 11.1 Å². The fourth-order valence-corrected chi connectivity index (χ4v) is 2.21. The van der Waals surface area contributed by atoms with E-state index >= 15 is 0 Å². The van der Waals surface area contributed by atoms with Crippen molar-refractivity contribution < 1.29 is 0 Å². The number of hydrogen-bond acceptors (Lipinski definition) is 2. The van der Waals surface area contributed by atoms with E-state index in [-0.39, 0.29) is 0 Å². The fourth-order valence-electron chi connectivity index (χ4n) is 2.21. The molecule has 2 heteroatoms. The summed E-state index contributed by atoms with van der Waals surface area (Å²) in [6.45, 7) is 4.10. The minimum Gasteiger partial charge on any atom is -0.384 e. The predicted octanol–water partition coefficient (Wildman–Crippen LogP) is 2.18. The minimum absolute atomic E-state index is 0.636. The van der Waals surface area contributed by atoms with Crippen molar-refractivity contribution in [1.82, 2.24) is 0 Å². The third kappa shape index (κ3) is 2.32. The lowest BCUT2D eigenvalue weighted by Crippen LogP contribution is -2.15. The van der Waals surface area contributed by atoms with Gasteiger partial charge in [0.2, 0.25) is 0 Å². The summed E-state index contributed by atoms with van der Waals surface area (Å²) >= 11 is 0. The largest absolute Gasteiger partial charge is 0.384 e. The SMILES string of the molecule is CCC(CN)Cc1ccc2c(c1)CCN2. The lowest BCUT2D eigenvalue weighted by Gasteiger charge is -2.12. The number of fused-ring (bicyclic) bond motifs is 1. The molecule has 15 heavy (non-hydrogen) atoms. The van der Waals surface area contributed by atoms with Crippen LogP contribution in [0.5, 0.6) is 0 Å². The molecule has 1 aliphatic heterocycles. The van der Waals surface area contributed by atoms with Gasteiger partial charge in [-0.25, -0.2) is 0 Å². The molecule has 0 saturated heterocycles. The highest BCUT2D eigenvalue weighted by Gasteiger charge is 2.11. The molecule has 2 nitrogen and oxygen atoms in total. The van der Waals surface area contributed by atoms with Crippen molar-refractivity contribution in [2.75, 3.05) is 18.4 Å². The third-order valence-corrected chi connectivity index (χ3v) is 3.31. The topological polar surface area (TPSA) is 38.0 Å². The zero-order chi connectivity index (χ0) is 10.7. The van der Waals surface area contributed by atoms with Crippen LogP contribution in [-0.2, 0) is 12.8 Å². The van der Waals surface area contributed by atoms with Gasteiger partial charge in [0.05, 0.1) is 0 Å². The maximum atomic E-state index is 5.73. The highest BCUT2D eigenvalue weighted by Crippen LogP contribution is 2.24. The monoisotopic (exact) mass is 204 g/mol. The lowest BCUT2D eigenvalue weighted by molar-refractivity contribution is 0.518. The van der Waals surface area contributed by atoms with E-state index in [9.17, 15) is 0 Å². The summed E-state index contributed by atoms with van der Waals surface area (Å²) in [7, 11) is 0. The van der Waals surface area contributed by atoms with E-state index in [2.05, 4.69) is 30.4 Å². The molecule has 0 amide bonds. The van der Waals surface area contributed by atoms with Gasteiger partial charge in [0.25, 0.3) is 0 Å². The molecular formula is C13H20N2. The molecule has 1 heterocycles. The first-order chi connectivity index (χ1) is 7.33. The highest BCUT2D eigenvalue weighted by atomic mass is 14.9. The van der Waals surface area contributed by atoms with Gasteiger partial charge in [-0.1, -0.05) is 25.5 Å². The van der Waals surface area contributed by atoms with Crippen LogP contribution in [0.15, 0.2) is 18.2 Å². The van der Waals surface area contributed by atoms with E-state index < -0.39 is 0 Å². The first kappa shape index (κ1) is 10.5. The summed E-state index contributed by atoms with van der Waals surface area (Å²) in [6, 6.07) is 6.78. The van der Waals surface area contributed by atoms with Crippen LogP contribution in [0.3, 0.4) is 0 Å². The van der Waals surface area contributed by atoms with Gasteiger partial charge in [-0.2, -0.15) is 0 Å². The first-order valence-corrected chi connectivity index (χ1v) is 5.89. The summed E-state index contributed by atoms with van der Waals surface area (Å²) in [5.74, 6) is 0.636. The molecule has 3 N–H and O–H groups in total. The van der Waals surface area contributed by atoms with Gasteiger partial charge in [-0.3, -0.25) is 0 Å². The molecule has 0 radical (unpaired) electrons.